The largest absolute Gasteiger partial charge is 0.504 e. The van der Waals surface area contributed by atoms with Gasteiger partial charge in [0.2, 0.25) is 0 Å². The molecule has 0 saturated heterocycles. The number of hydrogen-bond donors (Lipinski definition) is 2. The van der Waals surface area contributed by atoms with Gasteiger partial charge < -0.3 is 9.84 Å². The molecule has 0 aliphatic carbocycles. The van der Waals surface area contributed by atoms with Crippen molar-refractivity contribution in [3.8, 4) is 11.5 Å². The van der Waals surface area contributed by atoms with E-state index >= 15 is 0 Å². The zero-order valence-electron chi connectivity index (χ0n) is 12.7. The Morgan fingerprint density at radius 2 is 2.08 bits per heavy atom. The first-order chi connectivity index (χ1) is 11.8. The molecule has 25 heavy (non-hydrogen) atoms. The minimum absolute atomic E-state index is 0.00597. The number of amides is 1. The van der Waals surface area contributed by atoms with Crippen LogP contribution in [-0.4, -0.2) is 29.3 Å². The molecule has 2 aromatic carbocycles. The van der Waals surface area contributed by atoms with E-state index in [2.05, 4.69) is 10.5 Å². The van der Waals surface area contributed by atoms with Gasteiger partial charge in [-0.05, 0) is 18.2 Å². The van der Waals surface area contributed by atoms with Gasteiger partial charge in [-0.1, -0.05) is 23.2 Å². The molecule has 8 nitrogen and oxygen atoms in total. The summed E-state index contributed by atoms with van der Waals surface area (Å²) in [5.41, 5.74) is 2.04. The highest BCUT2D eigenvalue weighted by atomic mass is 35.5. The Morgan fingerprint density at radius 3 is 2.68 bits per heavy atom. The molecule has 1 amide bonds. The number of benzene rings is 2. The lowest BCUT2D eigenvalue weighted by atomic mass is 10.1. The van der Waals surface area contributed by atoms with Gasteiger partial charge in [0.25, 0.3) is 11.6 Å². The Labute approximate surface area is 151 Å². The number of hydrazone groups is 1. The van der Waals surface area contributed by atoms with Gasteiger partial charge in [-0.25, -0.2) is 5.43 Å². The van der Waals surface area contributed by atoms with Crippen molar-refractivity contribution in [2.75, 3.05) is 7.11 Å². The lowest BCUT2D eigenvalue weighted by Crippen LogP contribution is -2.18. The predicted molar refractivity (Wildman–Crippen MR) is 92.8 cm³/mol. The first-order valence-corrected chi connectivity index (χ1v) is 7.43. The third kappa shape index (κ3) is 4.37. The Balaban J connectivity index is 2.23. The summed E-state index contributed by atoms with van der Waals surface area (Å²) in [7, 11) is 1.25. The highest BCUT2D eigenvalue weighted by molar-refractivity contribution is 6.36. The maximum absolute atomic E-state index is 12.0. The molecule has 2 N–H and O–H groups in total. The zero-order chi connectivity index (χ0) is 18.6. The van der Waals surface area contributed by atoms with Crippen molar-refractivity contribution in [2.24, 2.45) is 5.10 Å². The molecule has 2 aromatic rings. The molecule has 0 aliphatic rings. The zero-order valence-corrected chi connectivity index (χ0v) is 14.2. The molecule has 0 atom stereocenters. The van der Waals surface area contributed by atoms with E-state index in [0.29, 0.717) is 5.02 Å². The lowest BCUT2D eigenvalue weighted by molar-refractivity contribution is -0.385. The number of nitro groups is 1. The van der Waals surface area contributed by atoms with Crippen molar-refractivity contribution in [3.63, 3.8) is 0 Å². The Kier molecular flexibility index (Phi) is 5.79. The van der Waals surface area contributed by atoms with Crippen molar-refractivity contribution in [1.29, 1.82) is 0 Å². The molecule has 130 valence electrons. The predicted octanol–water partition coefficient (Wildman–Crippen LogP) is 3.38. The molecule has 0 fully saturated rings. The molecule has 0 radical (unpaired) electrons. The standard InChI is InChI=1S/C15H11Cl2N3O5/c1-25-13-6-10(20(23)24)4-8(14(13)21)7-18-19-15(22)11-3-2-9(16)5-12(11)17/h2-7,21H,1H3,(H,19,22)/b18-7+. The van der Waals surface area contributed by atoms with Gasteiger partial charge in [0.05, 0.1) is 34.9 Å². The van der Waals surface area contributed by atoms with Gasteiger partial charge in [0, 0.05) is 16.7 Å². The highest BCUT2D eigenvalue weighted by Gasteiger charge is 2.16. The fourth-order valence-electron chi connectivity index (χ4n) is 1.87. The summed E-state index contributed by atoms with van der Waals surface area (Å²) in [5, 5.41) is 25.0. The molecular weight excluding hydrogens is 373 g/mol. The lowest BCUT2D eigenvalue weighted by Gasteiger charge is -2.06. The van der Waals surface area contributed by atoms with Crippen LogP contribution in [0.2, 0.25) is 10.0 Å². The number of nitrogens with zero attached hydrogens (tertiary/aromatic N) is 2. The van der Waals surface area contributed by atoms with Gasteiger partial charge in [0.15, 0.2) is 11.5 Å². The number of carbonyl (C=O) groups is 1. The minimum atomic E-state index is -0.647. The number of ether oxygens (including phenoxy) is 1. The number of nitrogens with one attached hydrogen (secondary N) is 1. The number of rotatable bonds is 5. The van der Waals surface area contributed by atoms with E-state index in [9.17, 15) is 20.0 Å². The van der Waals surface area contributed by atoms with Crippen LogP contribution >= 0.6 is 23.2 Å². The van der Waals surface area contributed by atoms with Crippen LogP contribution in [0.15, 0.2) is 35.4 Å². The summed E-state index contributed by atoms with van der Waals surface area (Å²) in [5.74, 6) is -1.06. The number of nitro benzene ring substituents is 1. The van der Waals surface area contributed by atoms with Crippen LogP contribution in [0.3, 0.4) is 0 Å². The van der Waals surface area contributed by atoms with Crippen LogP contribution in [0.5, 0.6) is 11.5 Å². The average Bonchev–Trinajstić information content (AvgIpc) is 2.55. The van der Waals surface area contributed by atoms with Crippen LogP contribution in [0.1, 0.15) is 15.9 Å². The van der Waals surface area contributed by atoms with Crippen molar-refractivity contribution in [1.82, 2.24) is 5.43 Å². The van der Waals surface area contributed by atoms with Crippen molar-refractivity contribution < 1.29 is 19.6 Å². The molecule has 0 aliphatic heterocycles. The molecule has 0 saturated carbocycles. The number of methoxy groups -OCH3 is 1. The second-order valence-electron chi connectivity index (χ2n) is 4.67. The summed E-state index contributed by atoms with van der Waals surface area (Å²) >= 11 is 11.7. The van der Waals surface area contributed by atoms with Crippen molar-refractivity contribution >= 4 is 41.0 Å². The van der Waals surface area contributed by atoms with E-state index in [1.807, 2.05) is 0 Å². The normalized spacial score (nSPS) is 10.7. The Bertz CT molecular complexity index is 870. The van der Waals surface area contributed by atoms with Gasteiger partial charge in [-0.3, -0.25) is 14.9 Å². The molecule has 10 heteroatoms. The summed E-state index contributed by atoms with van der Waals surface area (Å²) in [6.07, 6.45) is 1.05. The minimum Gasteiger partial charge on any atom is -0.504 e. The van der Waals surface area contributed by atoms with E-state index in [-0.39, 0.29) is 33.3 Å². The van der Waals surface area contributed by atoms with Crippen LogP contribution < -0.4 is 10.2 Å². The van der Waals surface area contributed by atoms with Gasteiger partial charge in [0.1, 0.15) is 0 Å². The average molecular weight is 384 g/mol. The van der Waals surface area contributed by atoms with Crippen LogP contribution in [0, 0.1) is 10.1 Å². The van der Waals surface area contributed by atoms with Crippen molar-refractivity contribution in [2.45, 2.75) is 0 Å². The van der Waals surface area contributed by atoms with E-state index in [4.69, 9.17) is 27.9 Å². The van der Waals surface area contributed by atoms with E-state index in [1.54, 1.807) is 0 Å². The van der Waals surface area contributed by atoms with Gasteiger partial charge in [-0.2, -0.15) is 5.10 Å². The first kappa shape index (κ1) is 18.5. The smallest absolute Gasteiger partial charge is 0.274 e. The van der Waals surface area contributed by atoms with Crippen LogP contribution in [0.25, 0.3) is 0 Å². The number of halogens is 2. The maximum atomic E-state index is 12.0. The molecule has 0 unspecified atom stereocenters. The summed E-state index contributed by atoms with van der Waals surface area (Å²) in [6.45, 7) is 0. The number of phenolic OH excluding ortho intramolecular Hbond substituents is 1. The fraction of sp³-hybridized carbons (Fsp3) is 0.0667. The van der Waals surface area contributed by atoms with Crippen LogP contribution in [-0.2, 0) is 0 Å². The number of hydrogen-bond acceptors (Lipinski definition) is 6. The van der Waals surface area contributed by atoms with Gasteiger partial charge in [-0.15, -0.1) is 0 Å². The van der Waals surface area contributed by atoms with Gasteiger partial charge >= 0.3 is 0 Å². The van der Waals surface area contributed by atoms with E-state index in [0.717, 1.165) is 18.3 Å². The SMILES string of the molecule is COc1cc([N+](=O)[O-])cc(/C=N/NC(=O)c2ccc(Cl)cc2Cl)c1O. The monoisotopic (exact) mass is 383 g/mol. The van der Waals surface area contributed by atoms with Crippen molar-refractivity contribution in [3.05, 3.63) is 61.6 Å². The summed E-state index contributed by atoms with van der Waals surface area (Å²) in [6, 6.07) is 6.47. The third-order valence-electron chi connectivity index (χ3n) is 3.07. The van der Waals surface area contributed by atoms with E-state index in [1.165, 1.54) is 25.3 Å². The topological polar surface area (TPSA) is 114 Å². The quantitative estimate of drug-likeness (QED) is 0.466. The van der Waals surface area contributed by atoms with Crippen LogP contribution in [0.4, 0.5) is 5.69 Å². The Hall–Kier alpha value is -2.84. The molecule has 0 spiro atoms. The maximum Gasteiger partial charge on any atom is 0.274 e. The highest BCUT2D eigenvalue weighted by Crippen LogP contribution is 2.33. The number of phenols is 1. The first-order valence-electron chi connectivity index (χ1n) is 6.67. The summed E-state index contributed by atoms with van der Waals surface area (Å²) in [4.78, 5) is 22.2. The number of non-ortho nitro benzene ring substituents is 1. The molecule has 0 aromatic heterocycles. The molecular formula is C15H11Cl2N3O5. The van der Waals surface area contributed by atoms with E-state index < -0.39 is 10.8 Å². The third-order valence-corrected chi connectivity index (χ3v) is 3.61. The fourth-order valence-corrected chi connectivity index (χ4v) is 2.36. The number of carbonyl (C=O) groups excluding carboxylic acids is 1. The second-order valence-corrected chi connectivity index (χ2v) is 5.51. The molecule has 2 rings (SSSR count). The number of aromatic hydroxyl groups is 1. The summed E-state index contributed by atoms with van der Waals surface area (Å²) < 4.78 is 4.87. The molecule has 0 bridgehead atoms. The molecule has 0 heterocycles. The second kappa shape index (κ2) is 7.82. The Morgan fingerprint density at radius 1 is 1.36 bits per heavy atom.